The molecule has 0 aromatic rings. The van der Waals surface area contributed by atoms with Gasteiger partial charge in [-0.1, -0.05) is 12.8 Å². The van der Waals surface area contributed by atoms with Gasteiger partial charge in [-0.15, -0.1) is 0 Å². The number of carbonyl (C=O) groups is 1. The lowest BCUT2D eigenvalue weighted by Crippen LogP contribution is -2.52. The van der Waals surface area contributed by atoms with Gasteiger partial charge in [-0.25, -0.2) is 0 Å². The van der Waals surface area contributed by atoms with Crippen LogP contribution in [0.15, 0.2) is 0 Å². The van der Waals surface area contributed by atoms with Gasteiger partial charge in [0.15, 0.2) is 0 Å². The molecule has 3 N–H and O–H groups in total. The van der Waals surface area contributed by atoms with Crippen LogP contribution < -0.4 is 11.1 Å². The molecule has 1 aliphatic carbocycles. The molecule has 100 valence electrons. The minimum absolute atomic E-state index is 0.0629. The molecule has 0 heterocycles. The molecule has 3 atom stereocenters. The lowest BCUT2D eigenvalue weighted by Gasteiger charge is -2.40. The zero-order valence-corrected chi connectivity index (χ0v) is 11.4. The van der Waals surface area contributed by atoms with E-state index >= 15 is 0 Å². The summed E-state index contributed by atoms with van der Waals surface area (Å²) in [5.74, 6) is 0.668. The largest absolute Gasteiger partial charge is 0.355 e. The van der Waals surface area contributed by atoms with Crippen molar-refractivity contribution in [3.8, 4) is 0 Å². The second-order valence-corrected chi connectivity index (χ2v) is 5.08. The predicted molar refractivity (Wildman–Crippen MR) is 70.7 cm³/mol. The van der Waals surface area contributed by atoms with Crippen molar-refractivity contribution in [3.63, 3.8) is 0 Å². The Hall–Kier alpha value is -0.610. The average Bonchev–Trinajstić information content (AvgIpc) is 2.37. The number of hydrogen-bond acceptors (Lipinski definition) is 3. The third-order valence-corrected chi connectivity index (χ3v) is 4.04. The van der Waals surface area contributed by atoms with Crippen LogP contribution >= 0.6 is 0 Å². The van der Waals surface area contributed by atoms with Crippen LogP contribution in [-0.4, -0.2) is 43.0 Å². The van der Waals surface area contributed by atoms with Gasteiger partial charge in [0.05, 0.1) is 6.04 Å². The quantitative estimate of drug-likeness (QED) is 0.754. The highest BCUT2D eigenvalue weighted by atomic mass is 16.2. The lowest BCUT2D eigenvalue weighted by molar-refractivity contribution is -0.126. The van der Waals surface area contributed by atoms with Crippen molar-refractivity contribution in [2.45, 2.75) is 51.6 Å². The maximum atomic E-state index is 11.8. The fraction of sp³-hybridized carbons (Fsp3) is 0.923. The van der Waals surface area contributed by atoms with Crippen LogP contribution in [0.2, 0.25) is 0 Å². The fourth-order valence-corrected chi connectivity index (χ4v) is 2.79. The molecule has 0 radical (unpaired) electrons. The van der Waals surface area contributed by atoms with Crippen molar-refractivity contribution in [2.75, 3.05) is 20.1 Å². The first-order chi connectivity index (χ1) is 8.11. The fourth-order valence-electron chi connectivity index (χ4n) is 2.79. The summed E-state index contributed by atoms with van der Waals surface area (Å²) in [5.41, 5.74) is 5.84. The van der Waals surface area contributed by atoms with Crippen LogP contribution in [0.1, 0.15) is 39.5 Å². The van der Waals surface area contributed by atoms with Crippen LogP contribution in [0, 0.1) is 5.92 Å². The summed E-state index contributed by atoms with van der Waals surface area (Å²) >= 11 is 0. The van der Waals surface area contributed by atoms with E-state index in [0.717, 1.165) is 6.54 Å². The molecule has 0 spiro atoms. The Morgan fingerprint density at radius 2 is 2.12 bits per heavy atom. The van der Waals surface area contributed by atoms with Crippen molar-refractivity contribution < 1.29 is 4.79 Å². The number of nitrogens with zero attached hydrogens (tertiary/aromatic N) is 1. The Morgan fingerprint density at radius 1 is 1.47 bits per heavy atom. The Kier molecular flexibility index (Phi) is 5.92. The summed E-state index contributed by atoms with van der Waals surface area (Å²) in [6.07, 6.45) is 4.91. The number of nitrogens with two attached hydrogens (primary N) is 1. The van der Waals surface area contributed by atoms with Crippen molar-refractivity contribution in [1.82, 2.24) is 10.2 Å². The highest BCUT2D eigenvalue weighted by Crippen LogP contribution is 2.28. The summed E-state index contributed by atoms with van der Waals surface area (Å²) in [6, 6.07) is 0.401. The molecule has 0 aromatic heterocycles. The minimum Gasteiger partial charge on any atom is -0.355 e. The second kappa shape index (κ2) is 6.97. The Bertz CT molecular complexity index is 245. The maximum Gasteiger partial charge on any atom is 0.237 e. The number of hydrogen-bond donors (Lipinski definition) is 2. The third-order valence-electron chi connectivity index (χ3n) is 4.04. The summed E-state index contributed by atoms with van der Waals surface area (Å²) in [7, 11) is 2.05. The molecular formula is C13H27N3O. The summed E-state index contributed by atoms with van der Waals surface area (Å²) < 4.78 is 0. The van der Waals surface area contributed by atoms with Gasteiger partial charge in [0.2, 0.25) is 5.91 Å². The number of likely N-dealkylation sites (N-methyl/N-ethyl adjacent to an activating group) is 2. The van der Waals surface area contributed by atoms with Gasteiger partial charge in [-0.2, -0.15) is 0 Å². The third kappa shape index (κ3) is 3.68. The van der Waals surface area contributed by atoms with Crippen molar-refractivity contribution >= 4 is 5.91 Å². The second-order valence-electron chi connectivity index (χ2n) is 5.08. The van der Waals surface area contributed by atoms with Crippen molar-refractivity contribution in [1.29, 1.82) is 0 Å². The SMILES string of the molecule is CCNC(=O)C(C)N(C)C1CCCCC1CN. The van der Waals surface area contributed by atoms with E-state index in [1.807, 2.05) is 13.8 Å². The molecule has 0 bridgehead atoms. The van der Waals surface area contributed by atoms with Gasteiger partial charge in [0.25, 0.3) is 0 Å². The molecule has 3 unspecified atom stereocenters. The molecule has 1 amide bonds. The van der Waals surface area contributed by atoms with Crippen molar-refractivity contribution in [2.24, 2.45) is 11.7 Å². The van der Waals surface area contributed by atoms with Crippen LogP contribution in [0.4, 0.5) is 0 Å². The molecular weight excluding hydrogens is 214 g/mol. The first kappa shape index (κ1) is 14.5. The minimum atomic E-state index is -0.0629. The average molecular weight is 241 g/mol. The molecule has 0 aromatic carbocycles. The standard InChI is InChI=1S/C13H27N3O/c1-4-15-13(17)10(2)16(3)12-8-6-5-7-11(12)9-14/h10-12H,4-9,14H2,1-3H3,(H,15,17). The first-order valence-corrected chi connectivity index (χ1v) is 6.81. The molecule has 1 fully saturated rings. The Morgan fingerprint density at radius 3 is 2.71 bits per heavy atom. The van der Waals surface area contributed by atoms with Crippen molar-refractivity contribution in [3.05, 3.63) is 0 Å². The molecule has 0 aliphatic heterocycles. The molecule has 4 heteroatoms. The van der Waals surface area contributed by atoms with E-state index in [1.54, 1.807) is 0 Å². The topological polar surface area (TPSA) is 58.4 Å². The van der Waals surface area contributed by atoms with E-state index in [2.05, 4.69) is 17.3 Å². The van der Waals surface area contributed by atoms with Gasteiger partial charge in [0, 0.05) is 12.6 Å². The molecule has 0 saturated heterocycles. The highest BCUT2D eigenvalue weighted by molar-refractivity contribution is 5.81. The number of carbonyl (C=O) groups excluding carboxylic acids is 1. The molecule has 1 saturated carbocycles. The summed E-state index contributed by atoms with van der Waals surface area (Å²) in [6.45, 7) is 5.36. The normalized spacial score (nSPS) is 26.9. The number of amides is 1. The predicted octanol–water partition coefficient (Wildman–Crippen LogP) is 0.960. The van der Waals surface area contributed by atoms with E-state index < -0.39 is 0 Å². The summed E-state index contributed by atoms with van der Waals surface area (Å²) in [5, 5.41) is 2.89. The van der Waals surface area contributed by atoms with Gasteiger partial charge >= 0.3 is 0 Å². The van der Waals surface area contributed by atoms with Crippen LogP contribution in [0.25, 0.3) is 0 Å². The van der Waals surface area contributed by atoms with E-state index in [-0.39, 0.29) is 11.9 Å². The van der Waals surface area contributed by atoms with E-state index in [4.69, 9.17) is 5.73 Å². The first-order valence-electron chi connectivity index (χ1n) is 6.81. The zero-order chi connectivity index (χ0) is 12.8. The van der Waals surface area contributed by atoms with Gasteiger partial charge in [-0.05, 0) is 46.2 Å². The smallest absolute Gasteiger partial charge is 0.237 e. The molecule has 1 rings (SSSR count). The van der Waals surface area contributed by atoms with Gasteiger partial charge in [-0.3, -0.25) is 9.69 Å². The van der Waals surface area contributed by atoms with Crippen LogP contribution in [0.5, 0.6) is 0 Å². The van der Waals surface area contributed by atoms with E-state index in [1.165, 1.54) is 25.7 Å². The lowest BCUT2D eigenvalue weighted by atomic mass is 9.83. The number of rotatable bonds is 5. The number of nitrogens with one attached hydrogen (secondary N) is 1. The van der Waals surface area contributed by atoms with Gasteiger partial charge in [0.1, 0.15) is 0 Å². The maximum absolute atomic E-state index is 11.8. The molecule has 1 aliphatic rings. The summed E-state index contributed by atoms with van der Waals surface area (Å²) in [4.78, 5) is 14.0. The van der Waals surface area contributed by atoms with E-state index in [0.29, 0.717) is 18.5 Å². The Labute approximate surface area is 105 Å². The van der Waals surface area contributed by atoms with Gasteiger partial charge < -0.3 is 11.1 Å². The zero-order valence-electron chi connectivity index (χ0n) is 11.4. The van der Waals surface area contributed by atoms with Crippen LogP contribution in [0.3, 0.4) is 0 Å². The Balaban J connectivity index is 2.59. The monoisotopic (exact) mass is 241 g/mol. The highest BCUT2D eigenvalue weighted by Gasteiger charge is 2.31. The molecule has 4 nitrogen and oxygen atoms in total. The van der Waals surface area contributed by atoms with Crippen LogP contribution in [-0.2, 0) is 4.79 Å². The molecule has 17 heavy (non-hydrogen) atoms. The van der Waals surface area contributed by atoms with E-state index in [9.17, 15) is 4.79 Å².